The van der Waals surface area contributed by atoms with Crippen molar-refractivity contribution in [2.45, 2.75) is 31.3 Å². The van der Waals surface area contributed by atoms with E-state index in [1.54, 1.807) is 24.3 Å². The summed E-state index contributed by atoms with van der Waals surface area (Å²) in [6.45, 7) is 1.88. The number of epoxide rings is 1. The number of hydrogen-bond acceptors (Lipinski definition) is 6. The van der Waals surface area contributed by atoms with Crippen molar-refractivity contribution < 1.29 is 33.7 Å². The highest BCUT2D eigenvalue weighted by Gasteiger charge is 2.71. The highest BCUT2D eigenvalue weighted by molar-refractivity contribution is 5.87. The first-order valence-electron chi connectivity index (χ1n) is 7.94. The molecule has 132 valence electrons. The first-order valence-corrected chi connectivity index (χ1v) is 7.94. The summed E-state index contributed by atoms with van der Waals surface area (Å²) in [6, 6.07) is 8.70. The van der Waals surface area contributed by atoms with E-state index in [1.807, 2.05) is 13.0 Å². The number of hydroxylamine groups is 1. The lowest BCUT2D eigenvalue weighted by Crippen LogP contribution is -2.45. The Labute approximate surface area is 143 Å². The van der Waals surface area contributed by atoms with E-state index in [0.717, 1.165) is 6.26 Å². The molecule has 3 aliphatic rings. The number of rotatable bonds is 4. The summed E-state index contributed by atoms with van der Waals surface area (Å²) in [4.78, 5) is 28.5. The van der Waals surface area contributed by atoms with Gasteiger partial charge in [0.15, 0.2) is 5.75 Å². The van der Waals surface area contributed by atoms with Gasteiger partial charge in [-0.3, -0.25) is 0 Å². The lowest BCUT2D eigenvalue weighted by molar-refractivity contribution is -0.150. The molecule has 1 aliphatic carbocycles. The summed E-state index contributed by atoms with van der Waals surface area (Å²) in [5, 5.41) is 9.32. The maximum absolute atomic E-state index is 12.0. The summed E-state index contributed by atoms with van der Waals surface area (Å²) >= 11 is 0. The van der Waals surface area contributed by atoms with Gasteiger partial charge in [0.2, 0.25) is 0 Å². The van der Waals surface area contributed by atoms with Crippen molar-refractivity contribution in [2.24, 2.45) is 11.8 Å². The minimum atomic E-state index is -1.03. The summed E-state index contributed by atoms with van der Waals surface area (Å²) in [7, 11) is 0. The Hall–Kier alpha value is -2.74. The lowest BCUT2D eigenvalue weighted by Gasteiger charge is -2.35. The Kier molecular flexibility index (Phi) is 3.57. The summed E-state index contributed by atoms with van der Waals surface area (Å²) in [5.41, 5.74) is 1.83. The van der Waals surface area contributed by atoms with Crippen LogP contribution in [0.1, 0.15) is 13.3 Å². The molecule has 8 nitrogen and oxygen atoms in total. The fraction of sp³-hybridized carbons (Fsp3) is 0.412. The number of nitrogens with one attached hydrogen (secondary N) is 1. The van der Waals surface area contributed by atoms with Gasteiger partial charge in [0.05, 0.1) is 23.9 Å². The molecule has 8 heteroatoms. The van der Waals surface area contributed by atoms with Gasteiger partial charge in [0, 0.05) is 5.92 Å². The third-order valence-electron chi connectivity index (χ3n) is 5.03. The van der Waals surface area contributed by atoms with Gasteiger partial charge in [-0.25, -0.2) is 9.59 Å². The average molecular weight is 347 g/mol. The maximum atomic E-state index is 12.0. The van der Waals surface area contributed by atoms with Gasteiger partial charge in [0.1, 0.15) is 5.60 Å². The predicted octanol–water partition coefficient (Wildman–Crippen LogP) is 1.82. The van der Waals surface area contributed by atoms with Crippen LogP contribution in [0.3, 0.4) is 0 Å². The third-order valence-corrected chi connectivity index (χ3v) is 5.03. The molecule has 1 aromatic rings. The van der Waals surface area contributed by atoms with Crippen molar-refractivity contribution in [2.75, 3.05) is 0 Å². The van der Waals surface area contributed by atoms with E-state index < -0.39 is 24.0 Å². The van der Waals surface area contributed by atoms with Gasteiger partial charge >= 0.3 is 12.1 Å². The molecule has 2 fully saturated rings. The van der Waals surface area contributed by atoms with Crippen LogP contribution in [0.5, 0.6) is 5.75 Å². The molecule has 2 aliphatic heterocycles. The van der Waals surface area contributed by atoms with E-state index in [1.165, 1.54) is 0 Å². The molecule has 25 heavy (non-hydrogen) atoms. The summed E-state index contributed by atoms with van der Waals surface area (Å²) < 4.78 is 16.3. The Morgan fingerprint density at radius 2 is 2.08 bits per heavy atom. The molecular weight excluding hydrogens is 330 g/mol. The number of ether oxygens (including phenoxy) is 3. The number of carbonyl (C=O) groups is 2. The highest BCUT2D eigenvalue weighted by Crippen LogP contribution is 2.60. The second-order valence-corrected chi connectivity index (χ2v) is 6.46. The Balaban J connectivity index is 1.43. The average Bonchev–Trinajstić information content (AvgIpc) is 3.15. The minimum absolute atomic E-state index is 0.0401. The Morgan fingerprint density at radius 3 is 2.80 bits per heavy atom. The van der Waals surface area contributed by atoms with Crippen molar-refractivity contribution in [1.29, 1.82) is 0 Å². The normalized spacial score (nSPS) is 34.7. The number of carbonyl (C=O) groups excluding carboxylic acids is 1. The van der Waals surface area contributed by atoms with Gasteiger partial charge in [-0.1, -0.05) is 18.2 Å². The van der Waals surface area contributed by atoms with Crippen molar-refractivity contribution in [3.63, 3.8) is 0 Å². The molecule has 4 rings (SSSR count). The minimum Gasteiger partial charge on any atom is -0.478 e. The van der Waals surface area contributed by atoms with Crippen molar-refractivity contribution >= 4 is 12.1 Å². The highest BCUT2D eigenvalue weighted by atomic mass is 16.7. The molecule has 0 spiro atoms. The molecule has 0 aromatic heterocycles. The van der Waals surface area contributed by atoms with E-state index in [9.17, 15) is 14.7 Å². The molecule has 0 radical (unpaired) electrons. The van der Waals surface area contributed by atoms with E-state index in [4.69, 9.17) is 19.0 Å². The van der Waals surface area contributed by atoms with E-state index in [0.29, 0.717) is 12.2 Å². The summed E-state index contributed by atoms with van der Waals surface area (Å²) in [6.07, 6.45) is -0.0720. The number of fused-ring (bicyclic) bond motifs is 3. The molecule has 1 saturated carbocycles. The second-order valence-electron chi connectivity index (χ2n) is 6.46. The van der Waals surface area contributed by atoms with Crippen LogP contribution >= 0.6 is 0 Å². The first kappa shape index (κ1) is 15.8. The molecule has 2 heterocycles. The molecule has 2 N–H and O–H groups in total. The number of amides is 1. The monoisotopic (exact) mass is 347 g/mol. The topological polar surface area (TPSA) is 107 Å². The van der Waals surface area contributed by atoms with Gasteiger partial charge in [0.25, 0.3) is 6.29 Å². The zero-order chi connectivity index (χ0) is 17.6. The van der Waals surface area contributed by atoms with Gasteiger partial charge in [-0.15, -0.1) is 0 Å². The maximum Gasteiger partial charge on any atom is 0.443 e. The zero-order valence-corrected chi connectivity index (χ0v) is 13.4. The number of carboxylic acids is 1. The SMILES string of the molecule is C[C@]12O[C@H]1C[C@@H]1C(C(=O)O)=CO[C@@H](OC(=O)NOc3ccccc3)[C@H]12. The molecule has 5 atom stereocenters. The fourth-order valence-electron chi connectivity index (χ4n) is 3.75. The van der Waals surface area contributed by atoms with Crippen molar-refractivity contribution in [3.8, 4) is 5.75 Å². The van der Waals surface area contributed by atoms with Crippen LogP contribution in [0, 0.1) is 11.8 Å². The fourth-order valence-corrected chi connectivity index (χ4v) is 3.75. The van der Waals surface area contributed by atoms with E-state index >= 15 is 0 Å². The number of carboxylic acid groups (broad SMARTS) is 1. The largest absolute Gasteiger partial charge is 0.478 e. The summed E-state index contributed by atoms with van der Waals surface area (Å²) in [5.74, 6) is -1.23. The van der Waals surface area contributed by atoms with Crippen LogP contribution in [0.2, 0.25) is 0 Å². The van der Waals surface area contributed by atoms with E-state index in [2.05, 4.69) is 5.48 Å². The first-order chi connectivity index (χ1) is 12.0. The molecular formula is C17H17NO7. The van der Waals surface area contributed by atoms with Crippen LogP contribution in [0.25, 0.3) is 0 Å². The Morgan fingerprint density at radius 1 is 1.32 bits per heavy atom. The van der Waals surface area contributed by atoms with Gasteiger partial charge < -0.3 is 24.2 Å². The Bertz CT molecular complexity index is 734. The predicted molar refractivity (Wildman–Crippen MR) is 82.2 cm³/mol. The van der Waals surface area contributed by atoms with Gasteiger partial charge in [-0.05, 0) is 25.5 Å². The zero-order valence-electron chi connectivity index (χ0n) is 13.4. The van der Waals surface area contributed by atoms with E-state index in [-0.39, 0.29) is 23.5 Å². The van der Waals surface area contributed by atoms with Crippen LogP contribution in [0.15, 0.2) is 42.2 Å². The van der Waals surface area contributed by atoms with Crippen LogP contribution in [-0.2, 0) is 19.0 Å². The standard InChI is InChI=1S/C17H17NO7/c1-17-12(24-17)7-10-11(14(19)20)8-22-15(13(10)17)23-16(21)18-25-9-5-3-2-4-6-9/h2-6,8,10,12-13,15H,7H2,1H3,(H,18,21)(H,19,20)/t10-,12+,13+,15+,17+/m1/s1. The second kappa shape index (κ2) is 5.66. The van der Waals surface area contributed by atoms with Crippen molar-refractivity contribution in [3.05, 3.63) is 42.2 Å². The van der Waals surface area contributed by atoms with Gasteiger partial charge in [-0.2, -0.15) is 5.48 Å². The number of aliphatic carboxylic acids is 1. The smallest absolute Gasteiger partial charge is 0.443 e. The molecule has 0 bridgehead atoms. The van der Waals surface area contributed by atoms with Crippen LogP contribution in [0.4, 0.5) is 4.79 Å². The number of hydrogen-bond donors (Lipinski definition) is 2. The molecule has 1 amide bonds. The number of benzene rings is 1. The lowest BCUT2D eigenvalue weighted by atomic mass is 9.82. The van der Waals surface area contributed by atoms with Crippen LogP contribution in [-0.4, -0.2) is 35.2 Å². The molecule has 1 saturated heterocycles. The molecule has 1 aromatic carbocycles. The number of para-hydroxylation sites is 1. The molecule has 0 unspecified atom stereocenters. The van der Waals surface area contributed by atoms with Crippen molar-refractivity contribution in [1.82, 2.24) is 5.48 Å². The quantitative estimate of drug-likeness (QED) is 0.632. The third kappa shape index (κ3) is 2.68. The van der Waals surface area contributed by atoms with Crippen LogP contribution < -0.4 is 10.3 Å².